The Morgan fingerprint density at radius 2 is 2.09 bits per heavy atom. The van der Waals surface area contributed by atoms with E-state index >= 15 is 0 Å². The smallest absolute Gasteiger partial charge is 0.160 e. The molecule has 3 aromatic rings. The van der Waals surface area contributed by atoms with E-state index in [4.69, 9.17) is 4.98 Å². The van der Waals surface area contributed by atoms with Crippen molar-refractivity contribution in [1.82, 2.24) is 19.4 Å². The molecule has 4 heterocycles. The molecule has 0 saturated carbocycles. The predicted octanol–water partition coefficient (Wildman–Crippen LogP) is 3.82. The molecule has 0 unspecified atom stereocenters. The average Bonchev–Trinajstić information content (AvgIpc) is 3.22. The predicted molar refractivity (Wildman–Crippen MR) is 91.2 cm³/mol. The lowest BCUT2D eigenvalue weighted by Gasteiger charge is -2.32. The van der Waals surface area contributed by atoms with E-state index in [0.717, 1.165) is 36.6 Å². The van der Waals surface area contributed by atoms with E-state index in [0.29, 0.717) is 6.04 Å². The van der Waals surface area contributed by atoms with E-state index in [1.165, 1.54) is 17.7 Å². The quantitative estimate of drug-likeness (QED) is 0.737. The Labute approximate surface area is 134 Å². The van der Waals surface area contributed by atoms with Crippen molar-refractivity contribution >= 4 is 22.5 Å². The third kappa shape index (κ3) is 2.34. The van der Waals surface area contributed by atoms with Crippen LogP contribution in [0.5, 0.6) is 0 Å². The van der Waals surface area contributed by atoms with Gasteiger partial charge in [0.05, 0.1) is 4.88 Å². The number of likely N-dealkylation sites (tertiary alicyclic amines) is 1. The molecule has 1 aliphatic rings. The molecule has 0 atom stereocenters. The molecule has 0 spiro atoms. The highest BCUT2D eigenvalue weighted by atomic mass is 32.1. The first-order valence-corrected chi connectivity index (χ1v) is 8.84. The standard InChI is InChI=1S/C17H20N4S/c1-2-20-10-7-13(8-11-20)21-16-14(5-3-9-18-16)19-17(21)15-6-4-12-22-15/h3-6,9,12-13H,2,7-8,10-11H2,1H3. The highest BCUT2D eigenvalue weighted by molar-refractivity contribution is 7.13. The van der Waals surface area contributed by atoms with Gasteiger partial charge in [0.15, 0.2) is 11.5 Å². The molecule has 0 aliphatic carbocycles. The Kier molecular flexibility index (Phi) is 3.68. The fourth-order valence-electron chi connectivity index (χ4n) is 3.35. The lowest BCUT2D eigenvalue weighted by molar-refractivity contribution is 0.197. The topological polar surface area (TPSA) is 34.0 Å². The van der Waals surface area contributed by atoms with Gasteiger partial charge in [0.1, 0.15) is 5.52 Å². The Morgan fingerprint density at radius 3 is 2.82 bits per heavy atom. The summed E-state index contributed by atoms with van der Waals surface area (Å²) in [5.74, 6) is 1.08. The maximum atomic E-state index is 4.87. The van der Waals surface area contributed by atoms with Crippen molar-refractivity contribution < 1.29 is 0 Å². The highest BCUT2D eigenvalue weighted by Gasteiger charge is 2.25. The van der Waals surface area contributed by atoms with Gasteiger partial charge < -0.3 is 9.47 Å². The fraction of sp³-hybridized carbons (Fsp3) is 0.412. The second kappa shape index (κ2) is 5.82. The maximum Gasteiger partial charge on any atom is 0.160 e. The Bertz CT molecular complexity index is 754. The van der Waals surface area contributed by atoms with Crippen LogP contribution in [0.2, 0.25) is 0 Å². The van der Waals surface area contributed by atoms with Gasteiger partial charge >= 0.3 is 0 Å². The van der Waals surface area contributed by atoms with E-state index in [-0.39, 0.29) is 0 Å². The van der Waals surface area contributed by atoms with Crippen LogP contribution in [0.25, 0.3) is 21.9 Å². The van der Waals surface area contributed by atoms with E-state index < -0.39 is 0 Å². The fourth-order valence-corrected chi connectivity index (χ4v) is 4.06. The van der Waals surface area contributed by atoms with E-state index in [2.05, 4.69) is 45.0 Å². The number of pyridine rings is 1. The van der Waals surface area contributed by atoms with Crippen LogP contribution in [0.1, 0.15) is 25.8 Å². The molecule has 0 N–H and O–H groups in total. The van der Waals surface area contributed by atoms with Crippen LogP contribution < -0.4 is 0 Å². The van der Waals surface area contributed by atoms with Crippen LogP contribution >= 0.6 is 11.3 Å². The van der Waals surface area contributed by atoms with Crippen molar-refractivity contribution in [3.05, 3.63) is 35.8 Å². The molecule has 5 heteroatoms. The molecule has 4 nitrogen and oxygen atoms in total. The molecule has 0 radical (unpaired) electrons. The third-order valence-corrected chi connectivity index (χ3v) is 5.43. The minimum absolute atomic E-state index is 0.500. The van der Waals surface area contributed by atoms with Gasteiger partial charge in [-0.2, -0.15) is 0 Å². The van der Waals surface area contributed by atoms with Crippen molar-refractivity contribution in [3.63, 3.8) is 0 Å². The number of rotatable bonds is 3. The van der Waals surface area contributed by atoms with Gasteiger partial charge in [-0.3, -0.25) is 0 Å². The zero-order chi connectivity index (χ0) is 14.9. The van der Waals surface area contributed by atoms with Crippen LogP contribution in [0.3, 0.4) is 0 Å². The molecule has 4 rings (SSSR count). The van der Waals surface area contributed by atoms with Crippen molar-refractivity contribution in [2.24, 2.45) is 0 Å². The second-order valence-corrected chi connectivity index (χ2v) is 6.74. The van der Waals surface area contributed by atoms with Crippen molar-refractivity contribution in [1.29, 1.82) is 0 Å². The SMILES string of the molecule is CCN1CCC(n2c(-c3cccs3)nc3cccnc32)CC1. The highest BCUT2D eigenvalue weighted by Crippen LogP contribution is 2.34. The number of aromatic nitrogens is 3. The minimum atomic E-state index is 0.500. The number of fused-ring (bicyclic) bond motifs is 1. The van der Waals surface area contributed by atoms with Crippen LogP contribution in [-0.4, -0.2) is 39.1 Å². The maximum absolute atomic E-state index is 4.87. The van der Waals surface area contributed by atoms with Crippen LogP contribution in [0.4, 0.5) is 0 Å². The number of hydrogen-bond donors (Lipinski definition) is 0. The summed E-state index contributed by atoms with van der Waals surface area (Å²) in [5.41, 5.74) is 2.03. The van der Waals surface area contributed by atoms with Gasteiger partial charge in [0.25, 0.3) is 0 Å². The summed E-state index contributed by atoms with van der Waals surface area (Å²) in [4.78, 5) is 13.2. The Morgan fingerprint density at radius 1 is 1.23 bits per heavy atom. The summed E-state index contributed by atoms with van der Waals surface area (Å²) < 4.78 is 2.38. The van der Waals surface area contributed by atoms with E-state index in [9.17, 15) is 0 Å². The lowest BCUT2D eigenvalue weighted by Crippen LogP contribution is -2.34. The van der Waals surface area contributed by atoms with Crippen LogP contribution in [-0.2, 0) is 0 Å². The zero-order valence-corrected chi connectivity index (χ0v) is 13.6. The van der Waals surface area contributed by atoms with E-state index in [1.807, 2.05) is 12.3 Å². The van der Waals surface area contributed by atoms with Gasteiger partial charge in [0.2, 0.25) is 0 Å². The Balaban J connectivity index is 1.80. The normalized spacial score (nSPS) is 17.3. The summed E-state index contributed by atoms with van der Waals surface area (Å²) in [6, 6.07) is 8.79. The van der Waals surface area contributed by atoms with Crippen molar-refractivity contribution in [2.75, 3.05) is 19.6 Å². The van der Waals surface area contributed by atoms with Gasteiger partial charge in [-0.25, -0.2) is 9.97 Å². The number of thiophene rings is 1. The monoisotopic (exact) mass is 312 g/mol. The zero-order valence-electron chi connectivity index (χ0n) is 12.8. The van der Waals surface area contributed by atoms with Crippen LogP contribution in [0, 0.1) is 0 Å². The van der Waals surface area contributed by atoms with E-state index in [1.54, 1.807) is 11.3 Å². The number of hydrogen-bond acceptors (Lipinski definition) is 4. The third-order valence-electron chi connectivity index (χ3n) is 4.56. The molecule has 1 saturated heterocycles. The second-order valence-electron chi connectivity index (χ2n) is 5.79. The average molecular weight is 312 g/mol. The van der Waals surface area contributed by atoms with Crippen molar-refractivity contribution in [3.8, 4) is 10.7 Å². The first kappa shape index (κ1) is 13.9. The lowest BCUT2D eigenvalue weighted by atomic mass is 10.0. The molecule has 1 fully saturated rings. The molecule has 1 aliphatic heterocycles. The summed E-state index contributed by atoms with van der Waals surface area (Å²) in [6.45, 7) is 5.72. The summed E-state index contributed by atoms with van der Waals surface area (Å²) in [5, 5.41) is 2.12. The first-order chi connectivity index (χ1) is 10.9. The summed E-state index contributed by atoms with van der Waals surface area (Å²) >= 11 is 1.75. The molecule has 0 bridgehead atoms. The molecular weight excluding hydrogens is 292 g/mol. The number of piperidine rings is 1. The molecule has 0 amide bonds. The van der Waals surface area contributed by atoms with Crippen molar-refractivity contribution in [2.45, 2.75) is 25.8 Å². The molecule has 3 aromatic heterocycles. The summed E-state index contributed by atoms with van der Waals surface area (Å²) in [7, 11) is 0. The first-order valence-electron chi connectivity index (χ1n) is 7.96. The molecular formula is C17H20N4S. The van der Waals surface area contributed by atoms with Gasteiger partial charge in [-0.05, 0) is 43.0 Å². The molecule has 22 heavy (non-hydrogen) atoms. The molecule has 114 valence electrons. The Hall–Kier alpha value is -1.72. The minimum Gasteiger partial charge on any atom is -0.305 e. The number of nitrogens with zero attached hydrogens (tertiary/aromatic N) is 4. The van der Waals surface area contributed by atoms with Gasteiger partial charge in [-0.15, -0.1) is 11.3 Å². The van der Waals surface area contributed by atoms with Gasteiger partial charge in [-0.1, -0.05) is 13.0 Å². The van der Waals surface area contributed by atoms with Crippen LogP contribution in [0.15, 0.2) is 35.8 Å². The number of imidazole rings is 1. The summed E-state index contributed by atoms with van der Waals surface area (Å²) in [6.07, 6.45) is 4.22. The van der Waals surface area contributed by atoms with Gasteiger partial charge in [0, 0.05) is 25.3 Å². The largest absolute Gasteiger partial charge is 0.305 e. The molecule has 0 aromatic carbocycles.